The van der Waals surface area contributed by atoms with Crippen LogP contribution >= 0.6 is 38.6 Å². The van der Waals surface area contributed by atoms with Gasteiger partial charge in [0, 0.05) is 113 Å². The Hall–Kier alpha value is -10.9. The van der Waals surface area contributed by atoms with E-state index in [1.807, 2.05) is 76.2 Å². The minimum absolute atomic E-state index is 0.0633. The van der Waals surface area contributed by atoms with Gasteiger partial charge in [0.1, 0.15) is 79.1 Å². The number of H-pyrrole nitrogens is 4. The number of nitrogens with one attached hydrogen (secondary N) is 4. The molecule has 104 heavy (non-hydrogen) atoms. The lowest BCUT2D eigenvalue weighted by Crippen LogP contribution is -2.41. The summed E-state index contributed by atoms with van der Waals surface area (Å²) in [5.74, 6) is -4.90. The van der Waals surface area contributed by atoms with E-state index in [4.69, 9.17) is 19.3 Å². The quantitative estimate of drug-likeness (QED) is 0.0718. The summed E-state index contributed by atoms with van der Waals surface area (Å²) in [7, 11) is -0.541. The number of pyridine rings is 6. The molecular weight excluding hydrogens is 1440 g/mol. The molecule has 0 amide bonds. The van der Waals surface area contributed by atoms with Gasteiger partial charge in [-0.1, -0.05) is 38.1 Å². The van der Waals surface area contributed by atoms with Crippen molar-refractivity contribution in [2.45, 2.75) is 65.6 Å². The van der Waals surface area contributed by atoms with Gasteiger partial charge in [-0.3, -0.25) is 9.97 Å². The zero-order valence-electron chi connectivity index (χ0n) is 56.1. The van der Waals surface area contributed by atoms with Gasteiger partial charge in [0.05, 0.1) is 67.6 Å². The third-order valence-electron chi connectivity index (χ3n) is 17.7. The van der Waals surface area contributed by atoms with Crippen LogP contribution in [0.3, 0.4) is 0 Å². The molecule has 0 spiro atoms. The van der Waals surface area contributed by atoms with Gasteiger partial charge in [-0.15, -0.1) is 22.7 Å². The fourth-order valence-electron chi connectivity index (χ4n) is 11.8. The van der Waals surface area contributed by atoms with Crippen LogP contribution in [0.1, 0.15) is 51.3 Å². The number of fused-ring (bicyclic) bond motifs is 4. The average Bonchev–Trinajstić information content (AvgIpc) is 1.66. The molecule has 0 aliphatic carbocycles. The predicted octanol–water partition coefficient (Wildman–Crippen LogP) is 20.6. The second-order valence-electron chi connectivity index (χ2n) is 25.1. The van der Waals surface area contributed by atoms with Gasteiger partial charge in [-0.2, -0.15) is 0 Å². The van der Waals surface area contributed by atoms with Crippen LogP contribution in [0, 0.1) is 46.5 Å². The first kappa shape index (κ1) is 70.2. The van der Waals surface area contributed by atoms with E-state index in [9.17, 15) is 35.1 Å². The van der Waals surface area contributed by atoms with E-state index in [0.717, 1.165) is 97.7 Å². The molecule has 26 heteroatoms. The Balaban J connectivity index is 0.000000119. The Bertz CT molecular complexity index is 5560. The van der Waals surface area contributed by atoms with Crippen molar-refractivity contribution in [3.63, 3.8) is 0 Å². The molecule has 1 fully saturated rings. The van der Waals surface area contributed by atoms with Gasteiger partial charge >= 0.3 is 7.12 Å². The Morgan fingerprint density at radius 3 is 1.06 bits per heavy atom. The van der Waals surface area contributed by atoms with Crippen LogP contribution < -0.4 is 5.46 Å². The van der Waals surface area contributed by atoms with Crippen molar-refractivity contribution in [2.24, 2.45) is 0 Å². The second-order valence-corrected chi connectivity index (χ2v) is 28.2. The number of aromatic amines is 4. The first-order valence-electron chi connectivity index (χ1n) is 32.6. The average molecular weight is 1500 g/mol. The summed E-state index contributed by atoms with van der Waals surface area (Å²) in [4.78, 5) is 49.7. The molecule has 16 aromatic rings. The van der Waals surface area contributed by atoms with Crippen LogP contribution in [0.2, 0.25) is 0 Å². The Labute approximate surface area is 606 Å². The largest absolute Gasteiger partial charge is 0.496 e. The van der Waals surface area contributed by atoms with Crippen molar-refractivity contribution >= 4 is 95.3 Å². The highest BCUT2D eigenvalue weighted by atomic mass is 79.9. The summed E-state index contributed by atoms with van der Waals surface area (Å²) in [6, 6.07) is 37.4. The number of thiazole rings is 2. The molecule has 13 heterocycles. The standard InChI is InChI=1S/2C23H16F2N4S.C19H19BF2N2O2.C13H7BrF2N2/c2*1-2-19-21(29-23(30-19)13-5-4-8-26-11-13)15-9-14-10-18(28-22(14)27-12-15)20-16(24)6-3-7-17(20)25;1-18(2)19(3,4)26-20(25-18)12-8-11-9-15(24-17(11)23-10-12)16-13(21)6-5-7-14(16)22;14-8-4-7-5-11(18-13(7)17-6-8)12-9(15)2-1-3-10(12)16/h2*3-12H,2H2,1H3,(H,27,28);5-10H,1-4H3,(H,23,24);1-6H,(H,17,18). The molecule has 0 atom stereocenters. The third-order valence-corrected chi connectivity index (χ3v) is 20.7. The highest BCUT2D eigenvalue weighted by Crippen LogP contribution is 2.41. The molecule has 0 radical (unpaired) electrons. The summed E-state index contributed by atoms with van der Waals surface area (Å²) in [5.41, 5.74) is 8.65. The van der Waals surface area contributed by atoms with Crippen molar-refractivity contribution < 1.29 is 44.4 Å². The molecular formula is C78H58BBrF8N12O2S2. The van der Waals surface area contributed by atoms with Crippen molar-refractivity contribution in [1.82, 2.24) is 59.8 Å². The maximum atomic E-state index is 14.2. The van der Waals surface area contributed by atoms with Gasteiger partial charge in [-0.05, 0) is 178 Å². The maximum absolute atomic E-state index is 14.2. The lowest BCUT2D eigenvalue weighted by molar-refractivity contribution is 0.00578. The summed E-state index contributed by atoms with van der Waals surface area (Å²) >= 11 is 6.57. The molecule has 520 valence electrons. The molecule has 0 bridgehead atoms. The molecule has 14 nitrogen and oxygen atoms in total. The van der Waals surface area contributed by atoms with E-state index >= 15 is 0 Å². The summed E-state index contributed by atoms with van der Waals surface area (Å²) < 4.78 is 125. The molecule has 4 aromatic carbocycles. The number of hydrogen-bond donors (Lipinski definition) is 4. The van der Waals surface area contributed by atoms with Crippen LogP contribution in [0.25, 0.3) is 133 Å². The molecule has 1 saturated heterocycles. The lowest BCUT2D eigenvalue weighted by Gasteiger charge is -2.32. The molecule has 4 N–H and O–H groups in total. The van der Waals surface area contributed by atoms with Gasteiger partial charge < -0.3 is 29.2 Å². The van der Waals surface area contributed by atoms with Crippen molar-refractivity contribution in [2.75, 3.05) is 0 Å². The molecule has 1 aliphatic heterocycles. The smallest absolute Gasteiger partial charge is 0.399 e. The molecule has 17 rings (SSSR count). The highest BCUT2D eigenvalue weighted by Gasteiger charge is 2.52. The van der Waals surface area contributed by atoms with E-state index in [-0.39, 0.29) is 22.3 Å². The highest BCUT2D eigenvalue weighted by molar-refractivity contribution is 9.10. The lowest BCUT2D eigenvalue weighted by atomic mass is 9.80. The van der Waals surface area contributed by atoms with Crippen molar-refractivity contribution in [3.8, 4) is 88.7 Å². The minimum atomic E-state index is -0.622. The summed E-state index contributed by atoms with van der Waals surface area (Å²) in [6.45, 7) is 12.1. The number of hydrogen-bond acceptors (Lipinski definition) is 12. The SMILES string of the molecule is CC1(C)OB(c2cnc3[nH]c(-c4c(F)cccc4F)cc3c2)OC1(C)C.CCc1sc(-c2cccnc2)nc1-c1cnc2[nH]c(-c3c(F)cccc3F)cc2c1.CCc1sc(-c2cccnc2)nc1-c1cnc2[nH]c(-c3c(F)cccc3F)cc2c1.Fc1cccc(F)c1-c1cc2cc(Br)cnc2[nH]1. The minimum Gasteiger partial charge on any atom is -0.399 e. The molecule has 1 aliphatic rings. The number of nitrogens with zero attached hydrogens (tertiary/aromatic N) is 8. The van der Waals surface area contributed by atoms with Crippen molar-refractivity contribution in [1.29, 1.82) is 0 Å². The van der Waals surface area contributed by atoms with Gasteiger partial charge in [0.2, 0.25) is 0 Å². The van der Waals surface area contributed by atoms with Crippen LogP contribution in [-0.2, 0) is 22.2 Å². The Morgan fingerprint density at radius 2 is 0.721 bits per heavy atom. The number of rotatable bonds is 11. The Kier molecular flexibility index (Phi) is 19.6. The fraction of sp³-hybridized carbons (Fsp3) is 0.128. The first-order valence-corrected chi connectivity index (χ1v) is 35.1. The topological polar surface area (TPSA) is 185 Å². The number of benzene rings is 4. The van der Waals surface area contributed by atoms with E-state index in [1.165, 1.54) is 72.8 Å². The normalized spacial score (nSPS) is 13.1. The number of aryl methyl sites for hydroxylation is 2. The zero-order chi connectivity index (χ0) is 72.7. The summed E-state index contributed by atoms with van der Waals surface area (Å²) in [6.07, 6.45) is 15.5. The van der Waals surface area contributed by atoms with Crippen LogP contribution in [-0.4, -0.2) is 78.1 Å². The molecule has 12 aromatic heterocycles. The number of halogens is 9. The van der Waals surface area contributed by atoms with Gasteiger partial charge in [0.15, 0.2) is 0 Å². The Morgan fingerprint density at radius 1 is 0.394 bits per heavy atom. The molecule has 0 unspecified atom stereocenters. The van der Waals surface area contributed by atoms with E-state index in [1.54, 1.807) is 96.5 Å². The van der Waals surface area contributed by atoms with E-state index < -0.39 is 64.9 Å². The third kappa shape index (κ3) is 14.2. The second kappa shape index (κ2) is 29.1. The number of aromatic nitrogens is 12. The predicted molar refractivity (Wildman–Crippen MR) is 397 cm³/mol. The monoisotopic (exact) mass is 1500 g/mol. The van der Waals surface area contributed by atoms with Gasteiger partial charge in [0.25, 0.3) is 0 Å². The summed E-state index contributed by atoms with van der Waals surface area (Å²) in [5, 5.41) is 4.86. The first-order chi connectivity index (χ1) is 50.1. The van der Waals surface area contributed by atoms with E-state index in [0.29, 0.717) is 45.4 Å². The fourth-order valence-corrected chi connectivity index (χ4v) is 14.2. The maximum Gasteiger partial charge on any atom is 0.496 e. The van der Waals surface area contributed by atoms with Gasteiger partial charge in [-0.25, -0.2) is 65.0 Å². The zero-order valence-corrected chi connectivity index (χ0v) is 59.3. The van der Waals surface area contributed by atoms with Crippen LogP contribution in [0.4, 0.5) is 35.1 Å². The van der Waals surface area contributed by atoms with E-state index in [2.05, 4.69) is 79.6 Å². The molecule has 0 saturated carbocycles. The van der Waals surface area contributed by atoms with Crippen LogP contribution in [0.15, 0.2) is 200 Å². The van der Waals surface area contributed by atoms with Crippen LogP contribution in [0.5, 0.6) is 0 Å². The van der Waals surface area contributed by atoms with Crippen molar-refractivity contribution in [3.05, 3.63) is 256 Å².